The van der Waals surface area contributed by atoms with Crippen molar-refractivity contribution in [2.75, 3.05) is 13.1 Å². The molecule has 0 aliphatic carbocycles. The van der Waals surface area contributed by atoms with Gasteiger partial charge in [-0.05, 0) is 50.6 Å². The van der Waals surface area contributed by atoms with E-state index in [2.05, 4.69) is 18.7 Å². The Morgan fingerprint density at radius 3 is 2.45 bits per heavy atom. The van der Waals surface area contributed by atoms with E-state index < -0.39 is 11.8 Å². The van der Waals surface area contributed by atoms with Gasteiger partial charge in [-0.2, -0.15) is 0 Å². The summed E-state index contributed by atoms with van der Waals surface area (Å²) in [5.41, 5.74) is 1.34. The Hall–Kier alpha value is -1.88. The number of carboxylic acid groups (broad SMARTS) is 1. The Bertz CT molecular complexity index is 672. The highest BCUT2D eigenvalue weighted by Gasteiger charge is 2.20. The number of aryl methyl sites for hydroxylation is 1. The van der Waals surface area contributed by atoms with Crippen molar-refractivity contribution in [1.82, 2.24) is 4.90 Å². The fraction of sp³-hybridized carbons (Fsp3) is 0.471. The van der Waals surface area contributed by atoms with Crippen LogP contribution in [0.5, 0.6) is 0 Å². The molecule has 1 aromatic carbocycles. The van der Waals surface area contributed by atoms with Crippen LogP contribution in [0.2, 0.25) is 0 Å². The summed E-state index contributed by atoms with van der Waals surface area (Å²) >= 11 is 0. The summed E-state index contributed by atoms with van der Waals surface area (Å²) in [6.45, 7) is 8.45. The molecule has 0 saturated heterocycles. The number of nitrogens with zero attached hydrogens (tertiary/aromatic N) is 1. The highest BCUT2D eigenvalue weighted by molar-refractivity contribution is 5.95. The van der Waals surface area contributed by atoms with Gasteiger partial charge in [0.2, 0.25) is 5.76 Å². The third-order valence-corrected chi connectivity index (χ3v) is 3.73. The first-order chi connectivity index (χ1) is 10.5. The Kier molecular flexibility index (Phi) is 5.19. The van der Waals surface area contributed by atoms with E-state index in [0.717, 1.165) is 31.5 Å². The van der Waals surface area contributed by atoms with Crippen LogP contribution in [0.4, 0.5) is 4.39 Å². The van der Waals surface area contributed by atoms with Crippen molar-refractivity contribution >= 4 is 16.9 Å². The molecule has 2 aromatic rings. The van der Waals surface area contributed by atoms with E-state index in [9.17, 15) is 9.18 Å². The number of halogens is 1. The fourth-order valence-electron chi connectivity index (χ4n) is 2.79. The van der Waals surface area contributed by atoms with Crippen LogP contribution in [0.15, 0.2) is 16.5 Å². The van der Waals surface area contributed by atoms with Gasteiger partial charge in [0.15, 0.2) is 11.4 Å². The van der Waals surface area contributed by atoms with Crippen molar-refractivity contribution < 1.29 is 18.7 Å². The second kappa shape index (κ2) is 6.92. The molecule has 120 valence electrons. The summed E-state index contributed by atoms with van der Waals surface area (Å²) in [7, 11) is 0. The van der Waals surface area contributed by atoms with Crippen molar-refractivity contribution in [1.29, 1.82) is 0 Å². The summed E-state index contributed by atoms with van der Waals surface area (Å²) < 4.78 is 19.4. The van der Waals surface area contributed by atoms with Crippen LogP contribution in [0.25, 0.3) is 11.0 Å². The maximum atomic E-state index is 14.2. The van der Waals surface area contributed by atoms with Gasteiger partial charge in [-0.15, -0.1) is 0 Å². The van der Waals surface area contributed by atoms with Gasteiger partial charge in [0.05, 0.1) is 0 Å². The molecule has 1 heterocycles. The monoisotopic (exact) mass is 307 g/mol. The molecule has 0 amide bonds. The smallest absolute Gasteiger partial charge is 0.372 e. The first-order valence-electron chi connectivity index (χ1n) is 7.65. The van der Waals surface area contributed by atoms with Gasteiger partial charge >= 0.3 is 5.97 Å². The number of benzene rings is 1. The molecule has 0 aliphatic heterocycles. The van der Waals surface area contributed by atoms with E-state index in [0.29, 0.717) is 17.5 Å². The molecule has 1 aromatic heterocycles. The minimum Gasteiger partial charge on any atom is -0.475 e. The van der Waals surface area contributed by atoms with Crippen molar-refractivity contribution in [3.63, 3.8) is 0 Å². The highest BCUT2D eigenvalue weighted by Crippen LogP contribution is 2.29. The number of carboxylic acids is 1. The Balaban J connectivity index is 2.39. The number of fused-ring (bicyclic) bond motifs is 1. The zero-order valence-electron chi connectivity index (χ0n) is 13.3. The van der Waals surface area contributed by atoms with Crippen LogP contribution in [-0.4, -0.2) is 29.1 Å². The molecule has 0 unspecified atom stereocenters. The molecular formula is C17H22FNO3. The highest BCUT2D eigenvalue weighted by atomic mass is 19.1. The predicted molar refractivity (Wildman–Crippen MR) is 83.7 cm³/mol. The molecule has 1 N–H and O–H groups in total. The van der Waals surface area contributed by atoms with E-state index in [-0.39, 0.29) is 11.3 Å². The average Bonchev–Trinajstić information content (AvgIpc) is 2.78. The number of rotatable bonds is 7. The maximum Gasteiger partial charge on any atom is 0.372 e. The molecule has 0 aliphatic rings. The molecule has 0 radical (unpaired) electrons. The Morgan fingerprint density at radius 1 is 1.27 bits per heavy atom. The molecule has 0 saturated carbocycles. The molecular weight excluding hydrogens is 285 g/mol. The SMILES string of the molecule is CCCN(CCC)Cc1cc(F)c2oc(C(=O)O)c(C)c2c1. The quantitative estimate of drug-likeness (QED) is 0.833. The van der Waals surface area contributed by atoms with Crippen molar-refractivity contribution in [2.45, 2.75) is 40.2 Å². The lowest BCUT2D eigenvalue weighted by Crippen LogP contribution is -2.24. The summed E-state index contributed by atoms with van der Waals surface area (Å²) in [5, 5.41) is 9.63. The third-order valence-electron chi connectivity index (χ3n) is 3.73. The van der Waals surface area contributed by atoms with Gasteiger partial charge in [-0.25, -0.2) is 9.18 Å². The van der Waals surface area contributed by atoms with Crippen molar-refractivity contribution in [3.05, 3.63) is 34.8 Å². The van der Waals surface area contributed by atoms with Crippen LogP contribution in [0, 0.1) is 12.7 Å². The van der Waals surface area contributed by atoms with Crippen LogP contribution in [0.3, 0.4) is 0 Å². The minimum absolute atomic E-state index is 0.0242. The number of carbonyl (C=O) groups is 1. The van der Waals surface area contributed by atoms with Gasteiger partial charge in [0.1, 0.15) is 0 Å². The first kappa shape index (κ1) is 16.5. The van der Waals surface area contributed by atoms with Crippen molar-refractivity contribution in [2.24, 2.45) is 0 Å². The minimum atomic E-state index is -1.17. The van der Waals surface area contributed by atoms with E-state index >= 15 is 0 Å². The van der Waals surface area contributed by atoms with Crippen LogP contribution >= 0.6 is 0 Å². The number of furan rings is 1. The normalized spacial score (nSPS) is 11.5. The summed E-state index contributed by atoms with van der Waals surface area (Å²) in [6.07, 6.45) is 2.08. The molecule has 0 spiro atoms. The number of hydrogen-bond donors (Lipinski definition) is 1. The van der Waals surface area contributed by atoms with Crippen LogP contribution < -0.4 is 0 Å². The van der Waals surface area contributed by atoms with Crippen LogP contribution in [0.1, 0.15) is 48.4 Å². The molecule has 5 heteroatoms. The summed E-state index contributed by atoms with van der Waals surface area (Å²) in [4.78, 5) is 13.4. The standard InChI is InChI=1S/C17H22FNO3/c1-4-6-19(7-5-2)10-12-8-13-11(3)15(17(20)21)22-16(13)14(18)9-12/h8-9H,4-7,10H2,1-3H3,(H,20,21). The molecule has 22 heavy (non-hydrogen) atoms. The predicted octanol–water partition coefficient (Wildman–Crippen LogP) is 4.20. The van der Waals surface area contributed by atoms with E-state index in [1.54, 1.807) is 6.92 Å². The lowest BCUT2D eigenvalue weighted by Gasteiger charge is -2.21. The summed E-state index contributed by atoms with van der Waals surface area (Å²) in [5.74, 6) is -1.87. The molecule has 0 bridgehead atoms. The van der Waals surface area contributed by atoms with Gasteiger partial charge in [0, 0.05) is 17.5 Å². The lowest BCUT2D eigenvalue weighted by molar-refractivity contribution is 0.0663. The second-order valence-electron chi connectivity index (χ2n) is 5.59. The largest absolute Gasteiger partial charge is 0.475 e. The zero-order chi connectivity index (χ0) is 16.3. The molecule has 2 rings (SSSR count). The van der Waals surface area contributed by atoms with Crippen LogP contribution in [-0.2, 0) is 6.54 Å². The molecule has 4 nitrogen and oxygen atoms in total. The Morgan fingerprint density at radius 2 is 1.91 bits per heavy atom. The topological polar surface area (TPSA) is 53.7 Å². The van der Waals surface area contributed by atoms with Gasteiger partial charge in [-0.3, -0.25) is 4.90 Å². The Labute approximate surface area is 129 Å². The second-order valence-corrected chi connectivity index (χ2v) is 5.59. The first-order valence-corrected chi connectivity index (χ1v) is 7.65. The van der Waals surface area contributed by atoms with Gasteiger partial charge in [0.25, 0.3) is 0 Å². The number of hydrogen-bond acceptors (Lipinski definition) is 3. The van der Waals surface area contributed by atoms with E-state index in [1.165, 1.54) is 6.07 Å². The molecule has 0 fully saturated rings. The van der Waals surface area contributed by atoms with Crippen molar-refractivity contribution in [3.8, 4) is 0 Å². The van der Waals surface area contributed by atoms with E-state index in [1.807, 2.05) is 6.07 Å². The van der Waals surface area contributed by atoms with Gasteiger partial charge in [-0.1, -0.05) is 13.8 Å². The fourth-order valence-corrected chi connectivity index (χ4v) is 2.79. The number of aromatic carboxylic acids is 1. The zero-order valence-corrected chi connectivity index (χ0v) is 13.3. The third kappa shape index (κ3) is 3.30. The van der Waals surface area contributed by atoms with E-state index in [4.69, 9.17) is 9.52 Å². The maximum absolute atomic E-state index is 14.2. The summed E-state index contributed by atoms with van der Waals surface area (Å²) in [6, 6.07) is 3.28. The molecule has 0 atom stereocenters. The van der Waals surface area contributed by atoms with Gasteiger partial charge < -0.3 is 9.52 Å². The average molecular weight is 307 g/mol. The lowest BCUT2D eigenvalue weighted by atomic mass is 10.1.